The average Bonchev–Trinajstić information content (AvgIpc) is 2.75. The molecule has 3 N–H and O–H groups in total. The fourth-order valence-electron chi connectivity index (χ4n) is 3.02. The molecule has 2 aromatic rings. The number of nitrogens with one attached hydrogen (secondary N) is 2. The summed E-state index contributed by atoms with van der Waals surface area (Å²) in [7, 11) is -7.62. The van der Waals surface area contributed by atoms with Crippen LogP contribution in [0.4, 0.5) is 32.0 Å². The van der Waals surface area contributed by atoms with E-state index in [1.165, 1.54) is 19.1 Å². The van der Waals surface area contributed by atoms with Crippen LogP contribution in [-0.4, -0.2) is 52.2 Å². The van der Waals surface area contributed by atoms with Crippen molar-refractivity contribution >= 4 is 31.5 Å². The van der Waals surface area contributed by atoms with Crippen molar-refractivity contribution in [2.24, 2.45) is 0 Å². The van der Waals surface area contributed by atoms with E-state index in [1.807, 2.05) is 4.72 Å². The van der Waals surface area contributed by atoms with Gasteiger partial charge in [-0.3, -0.25) is 4.79 Å². The Labute approximate surface area is 202 Å². The van der Waals surface area contributed by atoms with Crippen molar-refractivity contribution in [1.29, 1.82) is 0 Å². The fraction of sp³-hybridized carbons (Fsp3) is 0.350. The van der Waals surface area contributed by atoms with Gasteiger partial charge in [0.2, 0.25) is 15.9 Å². The summed E-state index contributed by atoms with van der Waals surface area (Å²) in [5, 5.41) is 11.6. The smallest absolute Gasteiger partial charge is 0.369 e. The third kappa shape index (κ3) is 6.35. The molecule has 0 aliphatic rings. The standard InChI is InChI=1S/C20H20F6N2O6S2/c1-3-36(33,34)15-10-4-12(5-11-15)16(28-35(2,31)32)17(29)27-14-8-6-13(7-9-14)18(30,19(21,22)23)20(24,25)26/h4-11,16,28,30H,3H2,1-2H3,(H,27,29). The van der Waals surface area contributed by atoms with Crippen molar-refractivity contribution in [3.8, 4) is 0 Å². The Kier molecular flexibility index (Phi) is 8.20. The first-order chi connectivity index (χ1) is 16.2. The summed E-state index contributed by atoms with van der Waals surface area (Å²) in [4.78, 5) is 12.7. The second-order valence-corrected chi connectivity index (χ2v) is 11.6. The lowest BCUT2D eigenvalue weighted by Crippen LogP contribution is -2.53. The molecule has 8 nitrogen and oxygen atoms in total. The summed E-state index contributed by atoms with van der Waals surface area (Å²) in [6.07, 6.45) is -11.5. The van der Waals surface area contributed by atoms with E-state index in [0.717, 1.165) is 18.4 Å². The Hall–Kier alpha value is -2.69. The van der Waals surface area contributed by atoms with Crippen LogP contribution < -0.4 is 10.0 Å². The Balaban J connectivity index is 2.39. The molecule has 200 valence electrons. The summed E-state index contributed by atoms with van der Waals surface area (Å²) in [5.41, 5.74) is -7.04. The second-order valence-electron chi connectivity index (χ2n) is 7.57. The van der Waals surface area contributed by atoms with Crippen LogP contribution in [0.5, 0.6) is 0 Å². The zero-order valence-corrected chi connectivity index (χ0v) is 20.1. The van der Waals surface area contributed by atoms with Crippen molar-refractivity contribution < 1.29 is 53.1 Å². The van der Waals surface area contributed by atoms with Gasteiger partial charge in [0, 0.05) is 11.3 Å². The third-order valence-corrected chi connectivity index (χ3v) is 7.35. The molecule has 0 aliphatic carbocycles. The van der Waals surface area contributed by atoms with E-state index in [4.69, 9.17) is 0 Å². The van der Waals surface area contributed by atoms with Gasteiger partial charge >= 0.3 is 12.4 Å². The molecule has 0 saturated carbocycles. The van der Waals surface area contributed by atoms with Crippen molar-refractivity contribution in [1.82, 2.24) is 4.72 Å². The van der Waals surface area contributed by atoms with Gasteiger partial charge in [0.25, 0.3) is 5.60 Å². The molecule has 1 atom stereocenters. The van der Waals surface area contributed by atoms with Gasteiger partial charge in [-0.15, -0.1) is 0 Å². The van der Waals surface area contributed by atoms with Gasteiger partial charge in [0.05, 0.1) is 16.9 Å². The number of sulfone groups is 1. The van der Waals surface area contributed by atoms with Crippen LogP contribution >= 0.6 is 0 Å². The highest BCUT2D eigenvalue weighted by Crippen LogP contribution is 2.50. The molecule has 0 fully saturated rings. The van der Waals surface area contributed by atoms with Crippen LogP contribution in [0, 0.1) is 0 Å². The largest absolute Gasteiger partial charge is 0.430 e. The number of alkyl halides is 6. The van der Waals surface area contributed by atoms with Gasteiger partial charge in [-0.25, -0.2) is 16.8 Å². The number of carbonyl (C=O) groups is 1. The Bertz CT molecular complexity index is 1290. The molecular weight excluding hydrogens is 542 g/mol. The molecule has 0 aliphatic heterocycles. The van der Waals surface area contributed by atoms with E-state index >= 15 is 0 Å². The fourth-order valence-corrected chi connectivity index (χ4v) is 4.57. The van der Waals surface area contributed by atoms with Crippen molar-refractivity contribution in [2.45, 2.75) is 35.8 Å². The predicted octanol–water partition coefficient (Wildman–Crippen LogP) is 3.02. The lowest BCUT2D eigenvalue weighted by molar-refractivity contribution is -0.376. The average molecular weight is 563 g/mol. The minimum Gasteiger partial charge on any atom is -0.369 e. The van der Waals surface area contributed by atoms with Gasteiger partial charge in [-0.2, -0.15) is 31.1 Å². The lowest BCUT2D eigenvalue weighted by Gasteiger charge is -2.32. The second kappa shape index (κ2) is 9.99. The molecule has 1 unspecified atom stereocenters. The van der Waals surface area contributed by atoms with Gasteiger partial charge < -0.3 is 10.4 Å². The van der Waals surface area contributed by atoms with Crippen LogP contribution in [-0.2, 0) is 30.3 Å². The van der Waals surface area contributed by atoms with E-state index < -0.39 is 55.3 Å². The third-order valence-electron chi connectivity index (χ3n) is 4.94. The van der Waals surface area contributed by atoms with Crippen LogP contribution in [0.25, 0.3) is 0 Å². The summed E-state index contributed by atoms with van der Waals surface area (Å²) >= 11 is 0. The van der Waals surface area contributed by atoms with Gasteiger partial charge in [0.1, 0.15) is 6.04 Å². The van der Waals surface area contributed by atoms with Crippen LogP contribution in [0.2, 0.25) is 0 Å². The number of amides is 1. The maximum Gasteiger partial charge on any atom is 0.430 e. The first-order valence-electron chi connectivity index (χ1n) is 9.80. The maximum absolute atomic E-state index is 13.0. The Morgan fingerprint density at radius 2 is 1.36 bits per heavy atom. The van der Waals surface area contributed by atoms with E-state index in [1.54, 1.807) is 0 Å². The van der Waals surface area contributed by atoms with E-state index in [9.17, 15) is 53.1 Å². The summed E-state index contributed by atoms with van der Waals surface area (Å²) in [5.74, 6) is -1.30. The lowest BCUT2D eigenvalue weighted by atomic mass is 9.92. The molecule has 1 amide bonds. The summed E-state index contributed by atoms with van der Waals surface area (Å²) in [6, 6.07) is 4.90. The highest BCUT2D eigenvalue weighted by Gasteiger charge is 2.71. The molecule has 0 saturated heterocycles. The molecular formula is C20H20F6N2O6S2. The molecule has 0 aromatic heterocycles. The first-order valence-corrected chi connectivity index (χ1v) is 13.3. The maximum atomic E-state index is 13.0. The highest BCUT2D eigenvalue weighted by molar-refractivity contribution is 7.91. The SMILES string of the molecule is CCS(=O)(=O)c1ccc(C(NS(C)(=O)=O)C(=O)Nc2ccc(C(O)(C(F)(F)F)C(F)(F)F)cc2)cc1. The molecule has 16 heteroatoms. The zero-order valence-electron chi connectivity index (χ0n) is 18.5. The van der Waals surface area contributed by atoms with Crippen LogP contribution in [0.15, 0.2) is 53.4 Å². The normalized spacial score (nSPS) is 14.4. The summed E-state index contributed by atoms with van der Waals surface area (Å²) in [6.45, 7) is 1.40. The van der Waals surface area contributed by atoms with Crippen LogP contribution in [0.3, 0.4) is 0 Å². The number of hydrogen-bond donors (Lipinski definition) is 3. The van der Waals surface area contributed by atoms with Gasteiger partial charge in [-0.05, 0) is 29.8 Å². The molecule has 0 spiro atoms. The minimum atomic E-state index is -6.10. The first kappa shape index (κ1) is 29.5. The number of rotatable bonds is 8. The van der Waals surface area contributed by atoms with Crippen molar-refractivity contribution in [3.63, 3.8) is 0 Å². The molecule has 2 rings (SSSR count). The molecule has 0 heterocycles. The minimum absolute atomic E-state index is 0.00637. The van der Waals surface area contributed by atoms with E-state index in [0.29, 0.717) is 24.3 Å². The number of aliphatic hydroxyl groups is 1. The topological polar surface area (TPSA) is 130 Å². The predicted molar refractivity (Wildman–Crippen MR) is 116 cm³/mol. The number of benzene rings is 2. The number of halogens is 6. The molecule has 2 aromatic carbocycles. The van der Waals surface area contributed by atoms with Crippen LogP contribution in [0.1, 0.15) is 24.1 Å². The van der Waals surface area contributed by atoms with Crippen molar-refractivity contribution in [2.75, 3.05) is 17.3 Å². The highest BCUT2D eigenvalue weighted by atomic mass is 32.2. The quantitative estimate of drug-likeness (QED) is 0.425. The Morgan fingerprint density at radius 3 is 1.75 bits per heavy atom. The monoisotopic (exact) mass is 562 g/mol. The Morgan fingerprint density at radius 1 is 0.889 bits per heavy atom. The summed E-state index contributed by atoms with van der Waals surface area (Å²) < 4.78 is 128. The zero-order chi connectivity index (χ0) is 27.7. The molecule has 0 bridgehead atoms. The number of anilines is 1. The molecule has 0 radical (unpaired) electrons. The van der Waals surface area contributed by atoms with Gasteiger partial charge in [0.15, 0.2) is 9.84 Å². The van der Waals surface area contributed by atoms with Crippen molar-refractivity contribution in [3.05, 3.63) is 59.7 Å². The van der Waals surface area contributed by atoms with E-state index in [-0.39, 0.29) is 21.9 Å². The molecule has 36 heavy (non-hydrogen) atoms. The van der Waals surface area contributed by atoms with Gasteiger partial charge in [-0.1, -0.05) is 31.2 Å². The number of carbonyl (C=O) groups excluding carboxylic acids is 1. The number of hydrogen-bond acceptors (Lipinski definition) is 6. The number of sulfonamides is 1. The van der Waals surface area contributed by atoms with E-state index in [2.05, 4.69) is 5.32 Å².